The van der Waals surface area contributed by atoms with Gasteiger partial charge in [-0.2, -0.15) is 0 Å². The Morgan fingerprint density at radius 2 is 2.13 bits per heavy atom. The molecule has 0 fully saturated rings. The van der Waals surface area contributed by atoms with E-state index in [4.69, 9.17) is 10.5 Å². The Morgan fingerprint density at radius 1 is 1.48 bits per heavy atom. The lowest BCUT2D eigenvalue weighted by atomic mass is 10.1. The molecule has 0 atom stereocenters. The van der Waals surface area contributed by atoms with Crippen LogP contribution in [0.3, 0.4) is 0 Å². The number of nitro groups is 1. The number of esters is 1. The number of aryl methyl sites for hydroxylation is 1. The van der Waals surface area contributed by atoms with Gasteiger partial charge in [-0.25, -0.2) is 9.78 Å². The number of nitrogens with two attached hydrogens (primary N) is 1. The number of nitrogen functional groups attached to an aromatic ring is 1. The van der Waals surface area contributed by atoms with Gasteiger partial charge < -0.3 is 20.7 Å². The van der Waals surface area contributed by atoms with Crippen molar-refractivity contribution in [3.8, 4) is 0 Å². The summed E-state index contributed by atoms with van der Waals surface area (Å²) in [5.41, 5.74) is 5.68. The summed E-state index contributed by atoms with van der Waals surface area (Å²) in [5, 5.41) is 14.3. The quantitative estimate of drug-likeness (QED) is 0.318. The van der Waals surface area contributed by atoms with E-state index in [0.29, 0.717) is 12.2 Å². The van der Waals surface area contributed by atoms with Crippen LogP contribution in [0, 0.1) is 17.0 Å². The highest BCUT2D eigenvalue weighted by atomic mass is 16.6. The Kier molecular flexibility index (Phi) is 6.70. The molecule has 0 aliphatic rings. The van der Waals surface area contributed by atoms with Crippen molar-refractivity contribution in [2.24, 2.45) is 0 Å². The number of hydrogen-bond donors (Lipinski definition) is 2. The van der Waals surface area contributed by atoms with Gasteiger partial charge in [-0.05, 0) is 40.9 Å². The van der Waals surface area contributed by atoms with Crippen molar-refractivity contribution in [1.82, 2.24) is 9.88 Å². The Balaban J connectivity index is 3.23. The number of rotatable bonds is 8. The molecule has 0 spiro atoms. The van der Waals surface area contributed by atoms with Gasteiger partial charge in [-0.1, -0.05) is 0 Å². The molecule has 1 rings (SSSR count). The van der Waals surface area contributed by atoms with E-state index in [1.807, 2.05) is 19.0 Å². The van der Waals surface area contributed by atoms with E-state index in [9.17, 15) is 14.9 Å². The number of hydrogen-bond acceptors (Lipinski definition) is 8. The van der Waals surface area contributed by atoms with Crippen LogP contribution in [0.2, 0.25) is 0 Å². The largest absolute Gasteiger partial charge is 0.462 e. The van der Waals surface area contributed by atoms with E-state index in [2.05, 4.69) is 10.3 Å². The van der Waals surface area contributed by atoms with Crippen molar-refractivity contribution in [1.29, 1.82) is 0 Å². The maximum Gasteiger partial charge on any atom is 0.342 e. The zero-order valence-corrected chi connectivity index (χ0v) is 13.9. The lowest BCUT2D eigenvalue weighted by molar-refractivity contribution is -0.383. The molecule has 0 aliphatic heterocycles. The monoisotopic (exact) mass is 325 g/mol. The van der Waals surface area contributed by atoms with Gasteiger partial charge in [-0.15, -0.1) is 0 Å². The molecule has 0 unspecified atom stereocenters. The molecule has 0 saturated heterocycles. The number of nitrogens with one attached hydrogen (secondary N) is 1. The molecule has 1 heterocycles. The molecule has 0 radical (unpaired) electrons. The van der Waals surface area contributed by atoms with Crippen LogP contribution in [-0.4, -0.2) is 54.6 Å². The number of pyridine rings is 1. The molecule has 9 nitrogen and oxygen atoms in total. The Morgan fingerprint density at radius 3 is 2.65 bits per heavy atom. The third kappa shape index (κ3) is 4.78. The van der Waals surface area contributed by atoms with Crippen LogP contribution in [0.5, 0.6) is 0 Å². The maximum absolute atomic E-state index is 12.1. The van der Waals surface area contributed by atoms with Gasteiger partial charge in [0.1, 0.15) is 11.3 Å². The van der Waals surface area contributed by atoms with Crippen LogP contribution in [0.4, 0.5) is 17.2 Å². The van der Waals surface area contributed by atoms with E-state index < -0.39 is 16.6 Å². The molecule has 0 aromatic carbocycles. The summed E-state index contributed by atoms with van der Waals surface area (Å²) in [7, 11) is 3.86. The molecular formula is C14H23N5O4. The first-order chi connectivity index (χ1) is 10.8. The minimum Gasteiger partial charge on any atom is -0.462 e. The third-order valence-electron chi connectivity index (χ3n) is 3.13. The van der Waals surface area contributed by atoms with Crippen LogP contribution in [0.1, 0.15) is 29.4 Å². The third-order valence-corrected chi connectivity index (χ3v) is 3.13. The average Bonchev–Trinajstić information content (AvgIpc) is 2.42. The fourth-order valence-corrected chi connectivity index (χ4v) is 2.14. The summed E-state index contributed by atoms with van der Waals surface area (Å²) < 4.78 is 4.98. The highest BCUT2D eigenvalue weighted by Crippen LogP contribution is 2.35. The smallest absolute Gasteiger partial charge is 0.342 e. The summed E-state index contributed by atoms with van der Waals surface area (Å²) >= 11 is 0. The van der Waals surface area contributed by atoms with E-state index in [1.165, 1.54) is 0 Å². The van der Waals surface area contributed by atoms with Crippen LogP contribution < -0.4 is 11.1 Å². The van der Waals surface area contributed by atoms with Gasteiger partial charge in [-0.3, -0.25) is 10.1 Å². The molecule has 0 bridgehead atoms. The fraction of sp³-hybridized carbons (Fsp3) is 0.571. The second-order valence-electron chi connectivity index (χ2n) is 5.24. The van der Waals surface area contributed by atoms with Crippen molar-refractivity contribution >= 4 is 23.2 Å². The second-order valence-corrected chi connectivity index (χ2v) is 5.24. The topological polar surface area (TPSA) is 124 Å². The molecule has 3 N–H and O–H groups in total. The van der Waals surface area contributed by atoms with Gasteiger partial charge >= 0.3 is 11.7 Å². The minimum atomic E-state index is -0.657. The second kappa shape index (κ2) is 8.28. The van der Waals surface area contributed by atoms with Crippen molar-refractivity contribution in [3.05, 3.63) is 21.4 Å². The molecule has 9 heteroatoms. The summed E-state index contributed by atoms with van der Waals surface area (Å²) in [6.07, 6.45) is 0.744. The molecule has 0 saturated carbocycles. The Bertz CT molecular complexity index is 589. The molecule has 1 aromatic rings. The number of aromatic nitrogens is 1. The highest BCUT2D eigenvalue weighted by molar-refractivity contribution is 6.00. The molecule has 0 amide bonds. The number of ether oxygens (including phenoxy) is 1. The normalized spacial score (nSPS) is 10.7. The SMILES string of the molecule is CCOC(=O)c1c(C)nc(N)c([N+](=O)[O-])c1NCCCN(C)C. The Labute approximate surface area is 135 Å². The minimum absolute atomic E-state index is 0.0533. The van der Waals surface area contributed by atoms with Crippen LogP contribution in [-0.2, 0) is 4.74 Å². The molecule has 23 heavy (non-hydrogen) atoms. The first kappa shape index (κ1) is 18.6. The number of anilines is 2. The maximum atomic E-state index is 12.1. The number of carbonyl (C=O) groups is 1. The van der Waals surface area contributed by atoms with Crippen LogP contribution in [0.25, 0.3) is 0 Å². The van der Waals surface area contributed by atoms with Gasteiger partial charge in [0, 0.05) is 6.54 Å². The highest BCUT2D eigenvalue weighted by Gasteiger charge is 2.29. The van der Waals surface area contributed by atoms with E-state index >= 15 is 0 Å². The van der Waals surface area contributed by atoms with Gasteiger partial charge in [0.05, 0.1) is 17.2 Å². The predicted octanol–water partition coefficient (Wildman–Crippen LogP) is 1.42. The molecule has 0 aliphatic carbocycles. The van der Waals surface area contributed by atoms with Crippen LogP contribution >= 0.6 is 0 Å². The molecular weight excluding hydrogens is 302 g/mol. The molecule has 1 aromatic heterocycles. The van der Waals surface area contributed by atoms with Crippen molar-refractivity contribution < 1.29 is 14.5 Å². The van der Waals surface area contributed by atoms with Crippen molar-refractivity contribution in [3.63, 3.8) is 0 Å². The van der Waals surface area contributed by atoms with E-state index in [1.54, 1.807) is 13.8 Å². The fourth-order valence-electron chi connectivity index (χ4n) is 2.14. The summed E-state index contributed by atoms with van der Waals surface area (Å²) in [4.78, 5) is 28.7. The number of carbonyl (C=O) groups excluding carboxylic acids is 1. The number of nitrogens with zero attached hydrogens (tertiary/aromatic N) is 3. The standard InChI is InChI=1S/C14H23N5O4/c1-5-23-14(20)10-9(2)17-13(15)12(19(21)22)11(10)16-7-6-8-18(3)4/h5-8H2,1-4H3,(H3,15,16,17). The Hall–Kier alpha value is -2.42. The van der Waals surface area contributed by atoms with Gasteiger partial charge in [0.25, 0.3) is 0 Å². The summed E-state index contributed by atoms with van der Waals surface area (Å²) in [6, 6.07) is 0. The van der Waals surface area contributed by atoms with Gasteiger partial charge in [0.2, 0.25) is 5.82 Å². The van der Waals surface area contributed by atoms with Crippen LogP contribution in [0.15, 0.2) is 0 Å². The lowest BCUT2D eigenvalue weighted by Gasteiger charge is -2.15. The first-order valence-electron chi connectivity index (χ1n) is 7.29. The summed E-state index contributed by atoms with van der Waals surface area (Å²) in [5.74, 6) is -0.883. The lowest BCUT2D eigenvalue weighted by Crippen LogP contribution is -2.19. The average molecular weight is 325 g/mol. The predicted molar refractivity (Wildman–Crippen MR) is 87.7 cm³/mol. The van der Waals surface area contributed by atoms with Crippen molar-refractivity contribution in [2.75, 3.05) is 44.8 Å². The summed E-state index contributed by atoms with van der Waals surface area (Å²) in [6.45, 7) is 4.65. The molecule has 128 valence electrons. The van der Waals surface area contributed by atoms with Gasteiger partial charge in [0.15, 0.2) is 0 Å². The van der Waals surface area contributed by atoms with E-state index in [-0.39, 0.29) is 23.7 Å². The van der Waals surface area contributed by atoms with E-state index in [0.717, 1.165) is 13.0 Å². The van der Waals surface area contributed by atoms with Crippen molar-refractivity contribution in [2.45, 2.75) is 20.3 Å². The zero-order chi connectivity index (χ0) is 17.6. The first-order valence-corrected chi connectivity index (χ1v) is 7.29. The zero-order valence-electron chi connectivity index (χ0n) is 13.9.